The Morgan fingerprint density at radius 3 is 2.74 bits per heavy atom. The van der Waals surface area contributed by atoms with Crippen LogP contribution in [0.3, 0.4) is 0 Å². The highest BCUT2D eigenvalue weighted by Gasteiger charge is 2.62. The molecular formula is C25H20BrClFN3O4. The molecule has 0 saturated carbocycles. The average Bonchev–Trinajstić information content (AvgIpc) is 3.07. The lowest BCUT2D eigenvalue weighted by atomic mass is 9.63. The van der Waals surface area contributed by atoms with Gasteiger partial charge in [0.2, 0.25) is 5.91 Å². The number of hydrogen-bond donors (Lipinski definition) is 2. The molecule has 3 N–H and O–H groups in total. The number of nitrogens with zero attached hydrogens (tertiary/aromatic N) is 1. The topological polar surface area (TPSA) is 102 Å². The summed E-state index contributed by atoms with van der Waals surface area (Å²) in [5.41, 5.74) is 5.76. The van der Waals surface area contributed by atoms with Crippen LogP contribution in [0.25, 0.3) is 0 Å². The van der Waals surface area contributed by atoms with E-state index in [-0.39, 0.29) is 41.5 Å². The summed E-state index contributed by atoms with van der Waals surface area (Å²) in [5.74, 6) is -2.61. The zero-order valence-corrected chi connectivity index (χ0v) is 20.9. The number of carbonyl (C=O) groups is 3. The molecule has 1 aliphatic carbocycles. The van der Waals surface area contributed by atoms with Gasteiger partial charge in [-0.1, -0.05) is 27.5 Å². The van der Waals surface area contributed by atoms with Gasteiger partial charge >= 0.3 is 5.97 Å². The Labute approximate surface area is 213 Å². The zero-order valence-electron chi connectivity index (χ0n) is 18.6. The van der Waals surface area contributed by atoms with E-state index in [1.807, 2.05) is 0 Å². The number of allylic oxidation sites excluding steroid dienone is 1. The van der Waals surface area contributed by atoms with Crippen molar-refractivity contribution >= 4 is 56.6 Å². The summed E-state index contributed by atoms with van der Waals surface area (Å²) >= 11 is 9.55. The average molecular weight is 561 g/mol. The molecule has 3 aliphatic rings. The van der Waals surface area contributed by atoms with Crippen molar-refractivity contribution in [2.24, 2.45) is 5.73 Å². The van der Waals surface area contributed by atoms with Crippen LogP contribution in [0.2, 0.25) is 5.02 Å². The third kappa shape index (κ3) is 3.32. The van der Waals surface area contributed by atoms with Gasteiger partial charge in [-0.15, -0.1) is 0 Å². The largest absolute Gasteiger partial charge is 0.462 e. The highest BCUT2D eigenvalue weighted by atomic mass is 79.9. The first-order valence-electron chi connectivity index (χ1n) is 11.0. The fraction of sp³-hybridized carbons (Fsp3) is 0.240. The third-order valence-electron chi connectivity index (χ3n) is 6.51. The molecule has 10 heteroatoms. The Hall–Kier alpha value is -3.17. The smallest absolute Gasteiger partial charge is 0.339 e. The number of benzene rings is 2. The van der Waals surface area contributed by atoms with Crippen molar-refractivity contribution in [1.29, 1.82) is 0 Å². The maximum atomic E-state index is 15.2. The predicted octanol–water partition coefficient (Wildman–Crippen LogP) is 4.69. The molecule has 0 radical (unpaired) electrons. The molecule has 1 spiro atoms. The number of nitrogens with two attached hydrogens (primary N) is 1. The molecule has 0 bridgehead atoms. The Morgan fingerprint density at radius 1 is 1.26 bits per heavy atom. The van der Waals surface area contributed by atoms with E-state index in [9.17, 15) is 14.4 Å². The van der Waals surface area contributed by atoms with E-state index >= 15 is 4.39 Å². The zero-order chi connectivity index (χ0) is 25.1. The maximum Gasteiger partial charge on any atom is 0.339 e. The molecule has 5 rings (SSSR count). The number of carbonyl (C=O) groups excluding carboxylic acids is 3. The van der Waals surface area contributed by atoms with E-state index < -0.39 is 23.1 Å². The molecule has 180 valence electrons. The van der Waals surface area contributed by atoms with Gasteiger partial charge < -0.3 is 15.8 Å². The Kier molecular flexibility index (Phi) is 5.72. The van der Waals surface area contributed by atoms with Gasteiger partial charge in [0.1, 0.15) is 22.6 Å². The minimum absolute atomic E-state index is 0.00219. The number of anilines is 2. The molecule has 1 atom stereocenters. The van der Waals surface area contributed by atoms with E-state index in [0.29, 0.717) is 39.3 Å². The van der Waals surface area contributed by atoms with E-state index in [1.165, 1.54) is 17.0 Å². The van der Waals surface area contributed by atoms with E-state index in [2.05, 4.69) is 21.2 Å². The molecule has 7 nitrogen and oxygen atoms in total. The van der Waals surface area contributed by atoms with Gasteiger partial charge in [0.15, 0.2) is 5.78 Å². The van der Waals surface area contributed by atoms with E-state index in [4.69, 9.17) is 22.1 Å². The summed E-state index contributed by atoms with van der Waals surface area (Å²) in [4.78, 5) is 42.2. The summed E-state index contributed by atoms with van der Waals surface area (Å²) in [6, 6.07) is 9.14. The first-order valence-corrected chi connectivity index (χ1v) is 12.2. The van der Waals surface area contributed by atoms with Crippen LogP contribution < -0.4 is 16.0 Å². The van der Waals surface area contributed by atoms with Crippen molar-refractivity contribution < 1.29 is 23.5 Å². The Balaban J connectivity index is 1.92. The summed E-state index contributed by atoms with van der Waals surface area (Å²) in [5, 5.41) is 3.09. The van der Waals surface area contributed by atoms with Crippen molar-refractivity contribution in [3.8, 4) is 0 Å². The van der Waals surface area contributed by atoms with Crippen LogP contribution >= 0.6 is 27.5 Å². The summed E-state index contributed by atoms with van der Waals surface area (Å²) in [7, 11) is 0. The van der Waals surface area contributed by atoms with E-state index in [1.54, 1.807) is 31.2 Å². The minimum atomic E-state index is -1.87. The first-order chi connectivity index (χ1) is 16.7. The highest BCUT2D eigenvalue weighted by Crippen LogP contribution is 2.56. The van der Waals surface area contributed by atoms with Gasteiger partial charge in [0.05, 0.1) is 12.3 Å². The third-order valence-corrected chi connectivity index (χ3v) is 7.23. The Morgan fingerprint density at radius 2 is 2.03 bits per heavy atom. The second kappa shape index (κ2) is 8.49. The van der Waals surface area contributed by atoms with Crippen LogP contribution in [0.1, 0.15) is 31.7 Å². The van der Waals surface area contributed by atoms with Crippen LogP contribution in [0.4, 0.5) is 15.8 Å². The number of hydrogen-bond acceptors (Lipinski definition) is 6. The first kappa shape index (κ1) is 23.6. The lowest BCUT2D eigenvalue weighted by molar-refractivity contribution is -0.140. The van der Waals surface area contributed by atoms with E-state index in [0.717, 1.165) is 0 Å². The predicted molar refractivity (Wildman–Crippen MR) is 132 cm³/mol. The Bertz CT molecular complexity index is 1390. The number of esters is 1. The normalized spacial score (nSPS) is 21.3. The summed E-state index contributed by atoms with van der Waals surface area (Å²) in [6.07, 6.45) is 0.989. The van der Waals surface area contributed by atoms with Crippen LogP contribution in [-0.2, 0) is 24.5 Å². The minimum Gasteiger partial charge on any atom is -0.462 e. The van der Waals surface area contributed by atoms with Crippen molar-refractivity contribution in [3.05, 3.63) is 79.9 Å². The number of rotatable bonds is 3. The summed E-state index contributed by atoms with van der Waals surface area (Å²) < 4.78 is 21.0. The second-order valence-corrected chi connectivity index (χ2v) is 9.76. The number of Topliss-reactive ketones (excluding diaryl/α,β-unsaturated/α-hetero) is 1. The van der Waals surface area contributed by atoms with Crippen LogP contribution in [0.15, 0.2) is 63.5 Å². The van der Waals surface area contributed by atoms with Gasteiger partial charge in [0, 0.05) is 38.4 Å². The van der Waals surface area contributed by atoms with Gasteiger partial charge in [0.25, 0.3) is 0 Å². The van der Waals surface area contributed by atoms with Gasteiger partial charge in [-0.25, -0.2) is 9.18 Å². The SMILES string of the molecule is CCOC(=O)C1=C(N)N(c2ccc(Br)cc2F)C2=C(C(=O)CCC2)C12C(=O)Nc1ccc(Cl)cc12. The second-order valence-electron chi connectivity index (χ2n) is 8.40. The van der Waals surface area contributed by atoms with Crippen molar-refractivity contribution in [1.82, 2.24) is 0 Å². The molecule has 0 saturated heterocycles. The molecule has 2 aromatic carbocycles. The number of ketones is 1. The van der Waals surface area contributed by atoms with Crippen molar-refractivity contribution in [2.45, 2.75) is 31.6 Å². The van der Waals surface area contributed by atoms with Crippen molar-refractivity contribution in [2.75, 3.05) is 16.8 Å². The number of nitrogens with one attached hydrogen (secondary N) is 1. The molecule has 0 aromatic heterocycles. The molecule has 2 aromatic rings. The number of fused-ring (bicyclic) bond motifs is 3. The fourth-order valence-electron chi connectivity index (χ4n) is 5.22. The molecule has 35 heavy (non-hydrogen) atoms. The van der Waals surface area contributed by atoms with Crippen molar-refractivity contribution in [3.63, 3.8) is 0 Å². The van der Waals surface area contributed by atoms with Crippen LogP contribution in [0.5, 0.6) is 0 Å². The summed E-state index contributed by atoms with van der Waals surface area (Å²) in [6.45, 7) is 1.62. The maximum absolute atomic E-state index is 15.2. The van der Waals surface area contributed by atoms with Gasteiger partial charge in [-0.2, -0.15) is 0 Å². The standard InChI is InChI=1S/C25H20BrClFN3O4/c1-2-35-23(33)21-22(29)31(17-9-6-12(26)10-15(17)28)18-4-3-5-19(32)20(18)25(21)14-11-13(27)7-8-16(14)30-24(25)34/h6-11H,2-5,29H2,1H3,(H,30,34). The quantitative estimate of drug-likeness (QED) is 0.528. The molecule has 0 fully saturated rings. The molecular weight excluding hydrogens is 541 g/mol. The van der Waals surface area contributed by atoms with Crippen LogP contribution in [0, 0.1) is 5.82 Å². The molecule has 2 aliphatic heterocycles. The highest BCUT2D eigenvalue weighted by molar-refractivity contribution is 9.10. The van der Waals surface area contributed by atoms with Gasteiger partial charge in [-0.3, -0.25) is 14.5 Å². The van der Waals surface area contributed by atoms with Crippen LogP contribution in [-0.4, -0.2) is 24.3 Å². The van der Waals surface area contributed by atoms with Gasteiger partial charge in [-0.05, 0) is 56.2 Å². The molecule has 2 heterocycles. The monoisotopic (exact) mass is 559 g/mol. The molecule has 1 unspecified atom stereocenters. The lowest BCUT2D eigenvalue weighted by Gasteiger charge is -2.44. The number of amides is 1. The number of ether oxygens (including phenoxy) is 1. The molecule has 1 amide bonds. The fourth-order valence-corrected chi connectivity index (χ4v) is 5.73. The number of halogens is 3. The lowest BCUT2D eigenvalue weighted by Crippen LogP contribution is -2.53.